The molecular weight excluding hydrogens is 392 g/mol. The molecule has 0 aromatic heterocycles. The van der Waals surface area contributed by atoms with Crippen molar-refractivity contribution in [2.45, 2.75) is 57.5 Å². The van der Waals surface area contributed by atoms with Gasteiger partial charge in [0.15, 0.2) is 6.61 Å². The molecule has 0 bridgehead atoms. The van der Waals surface area contributed by atoms with E-state index in [0.717, 1.165) is 12.8 Å². The second kappa shape index (κ2) is 10.6. The van der Waals surface area contributed by atoms with Gasteiger partial charge in [-0.1, -0.05) is 44.9 Å². The van der Waals surface area contributed by atoms with Gasteiger partial charge in [0, 0.05) is 11.1 Å². The molecular formula is C18H27ClN2O5S. The van der Waals surface area contributed by atoms with E-state index < -0.39 is 34.5 Å². The molecule has 0 aliphatic rings. The molecule has 7 nitrogen and oxygen atoms in total. The van der Waals surface area contributed by atoms with Gasteiger partial charge in [-0.05, 0) is 37.5 Å². The summed E-state index contributed by atoms with van der Waals surface area (Å²) in [6.45, 7) is 6.75. The monoisotopic (exact) mass is 418 g/mol. The highest BCUT2D eigenvalue weighted by Crippen LogP contribution is 2.17. The molecule has 9 heteroatoms. The fourth-order valence-electron chi connectivity index (χ4n) is 2.37. The number of ether oxygens (including phenoxy) is 1. The molecule has 0 unspecified atom stereocenters. The number of rotatable bonds is 10. The lowest BCUT2D eigenvalue weighted by Crippen LogP contribution is -2.46. The minimum absolute atomic E-state index is 0.0246. The highest BCUT2D eigenvalue weighted by molar-refractivity contribution is 7.89. The molecule has 0 spiro atoms. The van der Waals surface area contributed by atoms with Crippen molar-refractivity contribution in [1.29, 1.82) is 0 Å². The number of benzene rings is 1. The number of nitrogens with one attached hydrogen (secondary N) is 2. The van der Waals surface area contributed by atoms with Crippen molar-refractivity contribution in [2.75, 3.05) is 6.61 Å². The number of hydrogen-bond donors (Lipinski definition) is 2. The molecule has 0 radical (unpaired) electrons. The molecule has 1 rings (SSSR count). The third-order valence-electron chi connectivity index (χ3n) is 3.78. The van der Waals surface area contributed by atoms with E-state index in [2.05, 4.69) is 10.0 Å². The Balaban J connectivity index is 2.75. The molecule has 0 aliphatic carbocycles. The summed E-state index contributed by atoms with van der Waals surface area (Å²) in [4.78, 5) is 24.1. The molecule has 152 valence electrons. The summed E-state index contributed by atoms with van der Waals surface area (Å²) >= 11 is 5.83. The van der Waals surface area contributed by atoms with Crippen LogP contribution >= 0.6 is 11.6 Å². The summed E-state index contributed by atoms with van der Waals surface area (Å²) in [7, 11) is -3.97. The SMILES string of the molecule is CCC[C@H](C)NC(=O)COC(=O)[C@@H](NS(=O)(=O)c1cccc(Cl)c1)C(C)C. The van der Waals surface area contributed by atoms with Crippen LogP contribution in [0.15, 0.2) is 29.2 Å². The van der Waals surface area contributed by atoms with Gasteiger partial charge >= 0.3 is 5.97 Å². The van der Waals surface area contributed by atoms with Gasteiger partial charge in [0.05, 0.1) is 4.90 Å². The predicted molar refractivity (Wildman–Crippen MR) is 104 cm³/mol. The van der Waals surface area contributed by atoms with Gasteiger partial charge < -0.3 is 10.1 Å². The first-order valence-electron chi connectivity index (χ1n) is 8.80. The third-order valence-corrected chi connectivity index (χ3v) is 5.46. The standard InChI is InChI=1S/C18H27ClN2O5S/c1-5-7-13(4)20-16(22)11-26-18(23)17(12(2)3)21-27(24,25)15-9-6-8-14(19)10-15/h6,8-10,12-13,17,21H,5,7,11H2,1-4H3,(H,20,22)/t13-,17-/m0/s1. The van der Waals surface area contributed by atoms with Crippen molar-refractivity contribution < 1.29 is 22.7 Å². The maximum atomic E-state index is 12.5. The lowest BCUT2D eigenvalue weighted by atomic mass is 10.1. The Hall–Kier alpha value is -1.64. The summed E-state index contributed by atoms with van der Waals surface area (Å²) in [6, 6.07) is 4.56. The molecule has 0 aliphatic heterocycles. The van der Waals surface area contributed by atoms with Crippen LogP contribution in [-0.4, -0.2) is 39.0 Å². The van der Waals surface area contributed by atoms with Crippen molar-refractivity contribution in [3.63, 3.8) is 0 Å². The quantitative estimate of drug-likeness (QED) is 0.568. The first-order valence-corrected chi connectivity index (χ1v) is 10.7. The highest BCUT2D eigenvalue weighted by Gasteiger charge is 2.30. The normalized spacial score (nSPS) is 13.9. The van der Waals surface area contributed by atoms with E-state index in [1.54, 1.807) is 19.9 Å². The Kier molecular flexibility index (Phi) is 9.21. The number of carbonyl (C=O) groups excluding carboxylic acids is 2. The average Bonchev–Trinajstić information content (AvgIpc) is 2.57. The van der Waals surface area contributed by atoms with Crippen LogP contribution in [0.1, 0.15) is 40.5 Å². The van der Waals surface area contributed by atoms with Crippen LogP contribution in [-0.2, 0) is 24.3 Å². The van der Waals surface area contributed by atoms with Crippen molar-refractivity contribution in [3.05, 3.63) is 29.3 Å². The lowest BCUT2D eigenvalue weighted by molar-refractivity contribution is -0.151. The highest BCUT2D eigenvalue weighted by atomic mass is 35.5. The Morgan fingerprint density at radius 2 is 1.89 bits per heavy atom. The zero-order chi connectivity index (χ0) is 20.6. The topological polar surface area (TPSA) is 102 Å². The third kappa shape index (κ3) is 7.86. The Morgan fingerprint density at radius 3 is 2.44 bits per heavy atom. The summed E-state index contributed by atoms with van der Waals surface area (Å²) in [5.74, 6) is -1.62. The predicted octanol–water partition coefficient (Wildman–Crippen LogP) is 2.49. The minimum atomic E-state index is -3.97. The number of carbonyl (C=O) groups is 2. The van der Waals surface area contributed by atoms with Gasteiger partial charge in [0.1, 0.15) is 6.04 Å². The largest absolute Gasteiger partial charge is 0.454 e. The smallest absolute Gasteiger partial charge is 0.324 e. The van der Waals surface area contributed by atoms with E-state index in [1.165, 1.54) is 18.2 Å². The van der Waals surface area contributed by atoms with Crippen LogP contribution < -0.4 is 10.0 Å². The summed E-state index contributed by atoms with van der Waals surface area (Å²) in [5, 5.41) is 2.98. The molecule has 0 saturated carbocycles. The molecule has 0 saturated heterocycles. The van der Waals surface area contributed by atoms with Crippen LogP contribution in [0.3, 0.4) is 0 Å². The van der Waals surface area contributed by atoms with Gasteiger partial charge in [-0.2, -0.15) is 4.72 Å². The Morgan fingerprint density at radius 1 is 1.22 bits per heavy atom. The Labute approximate surface area is 165 Å². The average molecular weight is 419 g/mol. The fourth-order valence-corrected chi connectivity index (χ4v) is 4.01. The summed E-state index contributed by atoms with van der Waals surface area (Å²) < 4.78 is 32.3. The molecule has 1 aromatic rings. The minimum Gasteiger partial charge on any atom is -0.454 e. The maximum absolute atomic E-state index is 12.5. The lowest BCUT2D eigenvalue weighted by Gasteiger charge is -2.21. The van der Waals surface area contributed by atoms with Gasteiger partial charge in [0.2, 0.25) is 10.0 Å². The number of hydrogen-bond acceptors (Lipinski definition) is 5. The fraction of sp³-hybridized carbons (Fsp3) is 0.556. The zero-order valence-corrected chi connectivity index (χ0v) is 17.6. The zero-order valence-electron chi connectivity index (χ0n) is 16.0. The Bertz CT molecular complexity index is 752. The van der Waals surface area contributed by atoms with Crippen LogP contribution in [0.2, 0.25) is 5.02 Å². The number of sulfonamides is 1. The van der Waals surface area contributed by atoms with E-state index in [0.29, 0.717) is 0 Å². The van der Waals surface area contributed by atoms with E-state index in [1.807, 2.05) is 13.8 Å². The molecule has 27 heavy (non-hydrogen) atoms. The van der Waals surface area contributed by atoms with Gasteiger partial charge in [-0.25, -0.2) is 8.42 Å². The first kappa shape index (κ1) is 23.4. The van der Waals surface area contributed by atoms with Crippen molar-refractivity contribution >= 4 is 33.5 Å². The van der Waals surface area contributed by atoms with E-state index in [-0.39, 0.29) is 21.9 Å². The van der Waals surface area contributed by atoms with E-state index >= 15 is 0 Å². The van der Waals surface area contributed by atoms with Crippen LogP contribution in [0.25, 0.3) is 0 Å². The molecule has 1 amide bonds. The van der Waals surface area contributed by atoms with Gasteiger partial charge in [-0.3, -0.25) is 9.59 Å². The summed E-state index contributed by atoms with van der Waals surface area (Å²) in [5.41, 5.74) is 0. The maximum Gasteiger partial charge on any atom is 0.324 e. The second-order valence-corrected chi connectivity index (χ2v) is 8.82. The molecule has 2 N–H and O–H groups in total. The number of esters is 1. The molecule has 2 atom stereocenters. The number of amides is 1. The first-order chi connectivity index (χ1) is 12.6. The van der Waals surface area contributed by atoms with Crippen LogP contribution in [0, 0.1) is 5.92 Å². The van der Waals surface area contributed by atoms with Crippen molar-refractivity contribution in [3.8, 4) is 0 Å². The van der Waals surface area contributed by atoms with Gasteiger partial charge in [0.25, 0.3) is 5.91 Å². The number of halogens is 1. The molecule has 0 heterocycles. The molecule has 1 aromatic carbocycles. The van der Waals surface area contributed by atoms with Gasteiger partial charge in [-0.15, -0.1) is 0 Å². The van der Waals surface area contributed by atoms with Crippen molar-refractivity contribution in [1.82, 2.24) is 10.0 Å². The van der Waals surface area contributed by atoms with Crippen LogP contribution in [0.4, 0.5) is 0 Å². The van der Waals surface area contributed by atoms with E-state index in [4.69, 9.17) is 16.3 Å². The summed E-state index contributed by atoms with van der Waals surface area (Å²) in [6.07, 6.45) is 1.73. The van der Waals surface area contributed by atoms with E-state index in [9.17, 15) is 18.0 Å². The molecule has 0 fully saturated rings. The second-order valence-electron chi connectivity index (χ2n) is 6.67. The van der Waals surface area contributed by atoms with Crippen molar-refractivity contribution in [2.24, 2.45) is 5.92 Å². The van der Waals surface area contributed by atoms with Crippen LogP contribution in [0.5, 0.6) is 0 Å².